The Bertz CT molecular complexity index is 302. The second-order valence-corrected chi connectivity index (χ2v) is 3.54. The molecule has 0 spiro atoms. The molecule has 0 radical (unpaired) electrons. The van der Waals surface area contributed by atoms with E-state index in [1.54, 1.807) is 6.92 Å². The standard InChI is InChI=1S/C10H15NO5/c1-3-16-8(13)5-6-4-7(12)11-9(6)10(14)15-2/h6,9H,3-5H2,1-2H3,(H,11,12)/t6-,9+/m0/s1. The van der Waals surface area contributed by atoms with Crippen LogP contribution in [0.5, 0.6) is 0 Å². The Labute approximate surface area is 93.3 Å². The third kappa shape index (κ3) is 2.95. The van der Waals surface area contributed by atoms with Crippen LogP contribution >= 0.6 is 0 Å². The average Bonchev–Trinajstić information content (AvgIpc) is 2.58. The molecule has 1 saturated heterocycles. The van der Waals surface area contributed by atoms with Crippen LogP contribution in [-0.2, 0) is 23.9 Å². The fourth-order valence-electron chi connectivity index (χ4n) is 1.71. The number of hydrogen-bond donors (Lipinski definition) is 1. The van der Waals surface area contributed by atoms with Crippen LogP contribution in [0.4, 0.5) is 0 Å². The second-order valence-electron chi connectivity index (χ2n) is 3.54. The highest BCUT2D eigenvalue weighted by Crippen LogP contribution is 2.21. The van der Waals surface area contributed by atoms with E-state index in [0.717, 1.165) is 0 Å². The van der Waals surface area contributed by atoms with Gasteiger partial charge in [0.05, 0.1) is 20.1 Å². The lowest BCUT2D eigenvalue weighted by molar-refractivity contribution is -0.147. The van der Waals surface area contributed by atoms with E-state index in [1.807, 2.05) is 0 Å². The van der Waals surface area contributed by atoms with Gasteiger partial charge in [-0.3, -0.25) is 9.59 Å². The molecule has 1 rings (SSSR count). The van der Waals surface area contributed by atoms with Gasteiger partial charge in [0.1, 0.15) is 6.04 Å². The van der Waals surface area contributed by atoms with E-state index in [0.29, 0.717) is 0 Å². The monoisotopic (exact) mass is 229 g/mol. The molecule has 0 aromatic rings. The van der Waals surface area contributed by atoms with Crippen LogP contribution in [-0.4, -0.2) is 37.6 Å². The van der Waals surface area contributed by atoms with E-state index in [1.165, 1.54) is 7.11 Å². The summed E-state index contributed by atoms with van der Waals surface area (Å²) < 4.78 is 9.32. The molecule has 0 saturated carbocycles. The van der Waals surface area contributed by atoms with Crippen molar-refractivity contribution in [3.63, 3.8) is 0 Å². The van der Waals surface area contributed by atoms with E-state index in [-0.39, 0.29) is 31.3 Å². The predicted octanol–water partition coefficient (Wildman–Crippen LogP) is -0.383. The van der Waals surface area contributed by atoms with Crippen LogP contribution in [0.2, 0.25) is 0 Å². The summed E-state index contributed by atoms with van der Waals surface area (Å²) in [6.45, 7) is 1.99. The van der Waals surface area contributed by atoms with Crippen LogP contribution in [0.25, 0.3) is 0 Å². The second kappa shape index (κ2) is 5.48. The first-order valence-electron chi connectivity index (χ1n) is 5.11. The van der Waals surface area contributed by atoms with E-state index < -0.39 is 18.0 Å². The van der Waals surface area contributed by atoms with Crippen molar-refractivity contribution in [2.24, 2.45) is 5.92 Å². The van der Waals surface area contributed by atoms with Gasteiger partial charge in [-0.15, -0.1) is 0 Å². The zero-order valence-electron chi connectivity index (χ0n) is 9.32. The number of carbonyl (C=O) groups is 3. The van der Waals surface area contributed by atoms with Crippen molar-refractivity contribution in [3.8, 4) is 0 Å². The molecule has 6 nitrogen and oxygen atoms in total. The van der Waals surface area contributed by atoms with Crippen molar-refractivity contribution in [2.45, 2.75) is 25.8 Å². The summed E-state index contributed by atoms with van der Waals surface area (Å²) in [6.07, 6.45) is 0.199. The lowest BCUT2D eigenvalue weighted by Crippen LogP contribution is -2.38. The van der Waals surface area contributed by atoms with Gasteiger partial charge in [-0.2, -0.15) is 0 Å². The minimum absolute atomic E-state index is 0.0480. The summed E-state index contributed by atoms with van der Waals surface area (Å²) in [6, 6.07) is -0.734. The van der Waals surface area contributed by atoms with Crippen LogP contribution < -0.4 is 5.32 Å². The van der Waals surface area contributed by atoms with Crippen molar-refractivity contribution in [3.05, 3.63) is 0 Å². The van der Waals surface area contributed by atoms with Gasteiger partial charge < -0.3 is 14.8 Å². The summed E-state index contributed by atoms with van der Waals surface area (Å²) in [7, 11) is 1.24. The van der Waals surface area contributed by atoms with Crippen LogP contribution in [0.15, 0.2) is 0 Å². The highest BCUT2D eigenvalue weighted by Gasteiger charge is 2.39. The van der Waals surface area contributed by atoms with Crippen molar-refractivity contribution < 1.29 is 23.9 Å². The lowest BCUT2D eigenvalue weighted by atomic mass is 9.97. The fourth-order valence-corrected chi connectivity index (χ4v) is 1.71. The Balaban J connectivity index is 2.59. The molecule has 1 aliphatic heterocycles. The number of hydrogen-bond acceptors (Lipinski definition) is 5. The molecule has 90 valence electrons. The molecule has 1 heterocycles. The zero-order chi connectivity index (χ0) is 12.1. The number of nitrogens with one attached hydrogen (secondary N) is 1. The number of methoxy groups -OCH3 is 1. The SMILES string of the molecule is CCOC(=O)C[C@@H]1CC(=O)N[C@H]1C(=O)OC. The maximum absolute atomic E-state index is 11.3. The molecule has 1 N–H and O–H groups in total. The van der Waals surface area contributed by atoms with Crippen molar-refractivity contribution >= 4 is 17.8 Å². The molecule has 0 bridgehead atoms. The van der Waals surface area contributed by atoms with Gasteiger partial charge >= 0.3 is 11.9 Å². The Morgan fingerprint density at radius 2 is 2.19 bits per heavy atom. The molecular formula is C10H15NO5. The van der Waals surface area contributed by atoms with Crippen LogP contribution in [0.1, 0.15) is 19.8 Å². The summed E-state index contributed by atoms with van der Waals surface area (Å²) in [5.41, 5.74) is 0. The lowest BCUT2D eigenvalue weighted by Gasteiger charge is -2.15. The average molecular weight is 229 g/mol. The van der Waals surface area contributed by atoms with E-state index >= 15 is 0 Å². The first-order chi connectivity index (χ1) is 7.58. The number of amides is 1. The van der Waals surface area contributed by atoms with Crippen LogP contribution in [0, 0.1) is 5.92 Å². The molecule has 0 aromatic carbocycles. The smallest absolute Gasteiger partial charge is 0.328 e. The Kier molecular flexibility index (Phi) is 4.28. The molecule has 2 atom stereocenters. The summed E-state index contributed by atoms with van der Waals surface area (Å²) in [4.78, 5) is 33.7. The van der Waals surface area contributed by atoms with Crippen LogP contribution in [0.3, 0.4) is 0 Å². The highest BCUT2D eigenvalue weighted by atomic mass is 16.5. The first kappa shape index (κ1) is 12.5. The van der Waals surface area contributed by atoms with Gasteiger partial charge in [0.2, 0.25) is 5.91 Å². The van der Waals surface area contributed by atoms with E-state index in [2.05, 4.69) is 10.1 Å². The predicted molar refractivity (Wildman–Crippen MR) is 53.3 cm³/mol. The Morgan fingerprint density at radius 3 is 2.75 bits per heavy atom. The maximum atomic E-state index is 11.3. The van der Waals surface area contributed by atoms with Gasteiger partial charge in [-0.1, -0.05) is 0 Å². The van der Waals surface area contributed by atoms with Crippen molar-refractivity contribution in [1.29, 1.82) is 0 Å². The van der Waals surface area contributed by atoms with Gasteiger partial charge in [-0.05, 0) is 6.92 Å². The molecule has 1 aliphatic rings. The molecular weight excluding hydrogens is 214 g/mol. The van der Waals surface area contributed by atoms with E-state index in [9.17, 15) is 14.4 Å². The maximum Gasteiger partial charge on any atom is 0.328 e. The van der Waals surface area contributed by atoms with E-state index in [4.69, 9.17) is 4.74 Å². The van der Waals surface area contributed by atoms with Gasteiger partial charge in [0.25, 0.3) is 0 Å². The molecule has 6 heteroatoms. The zero-order valence-corrected chi connectivity index (χ0v) is 9.32. The number of carbonyl (C=O) groups excluding carboxylic acids is 3. The largest absolute Gasteiger partial charge is 0.467 e. The summed E-state index contributed by atoms with van der Waals surface area (Å²) in [5, 5.41) is 2.48. The van der Waals surface area contributed by atoms with Gasteiger partial charge in [0, 0.05) is 12.3 Å². The minimum atomic E-state index is -0.734. The van der Waals surface area contributed by atoms with Gasteiger partial charge in [-0.25, -0.2) is 4.79 Å². The third-order valence-corrected chi connectivity index (χ3v) is 2.42. The number of ether oxygens (including phenoxy) is 2. The molecule has 0 aromatic heterocycles. The molecule has 0 aliphatic carbocycles. The minimum Gasteiger partial charge on any atom is -0.467 e. The van der Waals surface area contributed by atoms with Crippen molar-refractivity contribution in [1.82, 2.24) is 5.32 Å². The Hall–Kier alpha value is -1.59. The third-order valence-electron chi connectivity index (χ3n) is 2.42. The van der Waals surface area contributed by atoms with Crippen molar-refractivity contribution in [2.75, 3.05) is 13.7 Å². The fraction of sp³-hybridized carbons (Fsp3) is 0.700. The topological polar surface area (TPSA) is 81.7 Å². The summed E-state index contributed by atoms with van der Waals surface area (Å²) in [5.74, 6) is -1.55. The van der Waals surface area contributed by atoms with Gasteiger partial charge in [0.15, 0.2) is 0 Å². The molecule has 0 unspecified atom stereocenters. The highest BCUT2D eigenvalue weighted by molar-refractivity contribution is 5.89. The normalized spacial score (nSPS) is 23.8. The molecule has 1 fully saturated rings. The first-order valence-corrected chi connectivity index (χ1v) is 5.11. The summed E-state index contributed by atoms with van der Waals surface area (Å²) >= 11 is 0. The molecule has 16 heavy (non-hydrogen) atoms. The molecule has 1 amide bonds. The quantitative estimate of drug-likeness (QED) is 0.664. The Morgan fingerprint density at radius 1 is 1.50 bits per heavy atom. The number of rotatable bonds is 4. The number of esters is 2.